The van der Waals surface area contributed by atoms with Crippen LogP contribution in [-0.4, -0.2) is 29.9 Å². The van der Waals surface area contributed by atoms with Crippen LogP contribution in [0.2, 0.25) is 0 Å². The first kappa shape index (κ1) is 75.7. The summed E-state index contributed by atoms with van der Waals surface area (Å²) in [7, 11) is 0. The third kappa shape index (κ3) is 28.3. The maximum Gasteiger partial charge on any atom is 0.0352 e. The fourth-order valence-electron chi connectivity index (χ4n) is 16.6. The van der Waals surface area contributed by atoms with Crippen molar-refractivity contribution >= 4 is 0 Å². The van der Waals surface area contributed by atoms with Gasteiger partial charge in [-0.1, -0.05) is 231 Å². The van der Waals surface area contributed by atoms with Gasteiger partial charge in [0.2, 0.25) is 0 Å². The van der Waals surface area contributed by atoms with Crippen LogP contribution in [0.25, 0.3) is 101 Å². The van der Waals surface area contributed by atoms with Crippen molar-refractivity contribution in [3.8, 4) is 101 Å². The quantitative estimate of drug-likeness (QED) is 0.0952. The third-order valence-corrected chi connectivity index (χ3v) is 24.2. The standard InChI is InChI=1S/3C29H26N.C14H14N.2C13H12N.3Ir/c3*1-3-7-22(8-4-1)23-11-13-24(14-12-23)25-15-17-26(18-16-25)28-19-20-30-29(21-28)27-9-5-2-6-10-27;1-10-4-6-13(7-5-10)14-8-11(2)12(3)9-15-14;1-10-3-6-12(7-4-10)13-8-5-11(2)9-14-13;1-10-8-13(14-9-11(10)2)12-6-4-3-5-7-12;;;/h3*1-9,15-21,23-24H,11-14H2;4-6,8-9H,1-3H3;2*3-6,8-9H,1-2H3;;;/q6*-1;;;/i3*23D,24D;1D3,3D3;1D3,2D3;2D3;;;. The Morgan fingerprint density at radius 1 is 0.221 bits per heavy atom. The molecule has 0 bridgehead atoms. The van der Waals surface area contributed by atoms with E-state index >= 15 is 0 Å². The second-order valence-electron chi connectivity index (χ2n) is 33.0. The first-order valence-corrected chi connectivity index (χ1v) is 45.1. The topological polar surface area (TPSA) is 77.3 Å². The maximum atomic E-state index is 9.12. The van der Waals surface area contributed by atoms with E-state index < -0.39 is 69.6 Å². The van der Waals surface area contributed by atoms with Crippen molar-refractivity contribution < 1.29 is 89.1 Å². The van der Waals surface area contributed by atoms with Crippen molar-refractivity contribution in [2.45, 2.75) is 161 Å². The van der Waals surface area contributed by atoms with Crippen LogP contribution in [0.3, 0.4) is 0 Å². The smallest absolute Gasteiger partial charge is 0.0352 e. The largest absolute Gasteiger partial charge is 0.305 e. The van der Waals surface area contributed by atoms with Gasteiger partial charge >= 0.3 is 0 Å². The van der Waals surface area contributed by atoms with Crippen LogP contribution >= 0.6 is 0 Å². The zero-order valence-corrected chi connectivity index (χ0v) is 82.9. The molecule has 9 heteroatoms. The van der Waals surface area contributed by atoms with Crippen molar-refractivity contribution in [2.75, 3.05) is 0 Å². The molecule has 3 saturated carbocycles. The van der Waals surface area contributed by atoms with Crippen LogP contribution in [-0.2, 0) is 60.3 Å². The molecule has 3 aliphatic rings. The maximum absolute atomic E-state index is 9.12. The molecule has 0 amide bonds. The molecule has 0 atom stereocenters. The molecule has 6 heterocycles. The van der Waals surface area contributed by atoms with Crippen LogP contribution in [0.4, 0.5) is 0 Å². The molecule has 3 radical (unpaired) electrons. The molecule has 3 aliphatic carbocycles. The summed E-state index contributed by atoms with van der Waals surface area (Å²) < 4.78 is 164. The van der Waals surface area contributed by atoms with E-state index in [0.29, 0.717) is 111 Å². The molecular formula is C127H116Ir3N6-6. The van der Waals surface area contributed by atoms with Crippen molar-refractivity contribution in [2.24, 2.45) is 0 Å². The molecule has 3 fully saturated rings. The Hall–Kier alpha value is -12.5. The molecule has 0 aliphatic heterocycles. The van der Waals surface area contributed by atoms with Gasteiger partial charge in [-0.15, -0.1) is 214 Å². The predicted molar refractivity (Wildman–Crippen MR) is 552 cm³/mol. The second kappa shape index (κ2) is 51.4. The normalized spacial score (nSPS) is 21.6. The summed E-state index contributed by atoms with van der Waals surface area (Å²) in [6.45, 7) is -7.29. The number of nitrogens with zero attached hydrogens (tertiary/aromatic N) is 6. The van der Waals surface area contributed by atoms with Crippen LogP contribution in [0.5, 0.6) is 0 Å². The van der Waals surface area contributed by atoms with E-state index in [2.05, 4.69) is 194 Å². The van der Waals surface area contributed by atoms with Gasteiger partial charge in [0.05, 0.1) is 0 Å². The molecule has 18 aromatic rings. The summed E-state index contributed by atoms with van der Waals surface area (Å²) in [6, 6.07) is 133. The Morgan fingerprint density at radius 3 is 0.735 bits per heavy atom. The summed E-state index contributed by atoms with van der Waals surface area (Å²) >= 11 is 0. The van der Waals surface area contributed by atoms with E-state index in [0.717, 1.165) is 117 Å². The van der Waals surface area contributed by atoms with Gasteiger partial charge in [0, 0.05) is 126 Å². The third-order valence-electron chi connectivity index (χ3n) is 24.2. The molecule has 0 N–H and O–H groups in total. The number of aryl methyl sites for hydroxylation is 7. The zero-order chi connectivity index (χ0) is 109. The molecule has 0 saturated heterocycles. The van der Waals surface area contributed by atoms with Crippen molar-refractivity contribution in [1.29, 1.82) is 0 Å². The van der Waals surface area contributed by atoms with Gasteiger partial charge in [0.1, 0.15) is 0 Å². The predicted octanol–water partition coefficient (Wildman–Crippen LogP) is 32.8. The Kier molecular flexibility index (Phi) is 28.6. The molecular weight excluding hydrogens is 2190 g/mol. The van der Waals surface area contributed by atoms with E-state index in [-0.39, 0.29) is 82.6 Å². The molecule has 0 unspecified atom stereocenters. The molecule has 21 rings (SSSR count). The van der Waals surface area contributed by atoms with E-state index in [9.17, 15) is 0 Å². The average Bonchev–Trinajstić information content (AvgIpc) is 0.775. The van der Waals surface area contributed by atoms with Gasteiger partial charge in [-0.2, -0.15) is 0 Å². The van der Waals surface area contributed by atoms with Gasteiger partial charge < -0.3 is 29.9 Å². The van der Waals surface area contributed by atoms with E-state index in [1.807, 2.05) is 188 Å². The molecule has 0 spiro atoms. The Balaban J connectivity index is 0.000000158. The summed E-state index contributed by atoms with van der Waals surface area (Å²) in [5.74, 6) is -3.60. The Morgan fingerprint density at radius 2 is 0.485 bits per heavy atom. The molecule has 6 nitrogen and oxygen atoms in total. The summed E-state index contributed by atoms with van der Waals surface area (Å²) in [5.41, 5.74) is 25.1. The fraction of sp³-hybridized carbons (Fsp3) is 0.197. The van der Waals surface area contributed by atoms with E-state index in [1.165, 1.54) is 48.9 Å². The number of aromatic nitrogens is 6. The first-order valence-electron chi connectivity index (χ1n) is 55.6. The average molecular weight is 2320 g/mol. The SMILES string of the molecule is [2H]C([2H])([2H])c1c[c-]c(-c2cc(C)c(C([2H])([2H])[2H])cn2)cc1.[2H]C([2H])([2H])c1c[c-]c(-c2ccc(C([2H])([2H])[2H])cn2)cc1.[2H]C([2H])([2H])c1cnc(-c2[c-]cccc2)cc1C.[2H]C1(c2ccccc2)CCC([2H])(c2ccc(-c3ccnc(-c4[c-]cccc4)c3)cc2)CC1.[2H]C1(c2ccccc2)CCC([2H])(c2ccc(-c3ccnc(-c4[c-]cccc4)c3)cc2)CC1.[2H]C1(c2ccccc2)CCC([2H])(c2ccc(-c3ccnc(-c4[c-]cccc4)c3)cc2)CC1.[Ir].[Ir].[Ir]. The number of pyridine rings is 6. The second-order valence-corrected chi connectivity index (χ2v) is 33.0. The zero-order valence-electron chi connectivity index (χ0n) is 96.7. The summed E-state index contributed by atoms with van der Waals surface area (Å²) in [5, 5.41) is 0. The minimum Gasteiger partial charge on any atom is -0.305 e. The van der Waals surface area contributed by atoms with E-state index in [1.54, 1.807) is 44.2 Å². The summed E-state index contributed by atoms with van der Waals surface area (Å²) in [4.78, 5) is 25.9. The molecule has 136 heavy (non-hydrogen) atoms. The minimum atomic E-state index is -2.19. The molecule has 12 aromatic carbocycles. The van der Waals surface area contributed by atoms with Crippen LogP contribution in [0, 0.1) is 84.5 Å². The Bertz CT molecular complexity index is 7090. The minimum absolute atomic E-state index is 0. The van der Waals surface area contributed by atoms with Gasteiger partial charge in [-0.25, -0.2) is 0 Å². The number of benzene rings is 12. The van der Waals surface area contributed by atoms with Crippen molar-refractivity contribution in [3.63, 3.8) is 0 Å². The van der Waals surface area contributed by atoms with Gasteiger partial charge in [0.15, 0.2) is 0 Å². The first-order chi connectivity index (χ1) is 73.4. The van der Waals surface area contributed by atoms with Gasteiger partial charge in [0.25, 0.3) is 0 Å². The monoisotopic (exact) mass is 2320 g/mol. The number of hydrogen-bond donors (Lipinski definition) is 0. The Labute approximate surface area is 878 Å². The van der Waals surface area contributed by atoms with Crippen LogP contribution < -0.4 is 0 Å². The molecule has 687 valence electrons. The van der Waals surface area contributed by atoms with Crippen LogP contribution in [0.15, 0.2) is 395 Å². The number of hydrogen-bond acceptors (Lipinski definition) is 6. The van der Waals surface area contributed by atoms with Gasteiger partial charge in [-0.05, 0) is 283 Å². The van der Waals surface area contributed by atoms with Crippen LogP contribution in [0.1, 0.15) is 214 Å². The van der Waals surface area contributed by atoms with Gasteiger partial charge in [-0.3, -0.25) is 0 Å². The molecule has 6 aromatic heterocycles. The summed E-state index contributed by atoms with van der Waals surface area (Å²) in [6.07, 6.45) is 18.1. The van der Waals surface area contributed by atoms with Crippen molar-refractivity contribution in [3.05, 3.63) is 504 Å². The fourth-order valence-corrected chi connectivity index (χ4v) is 16.6. The van der Waals surface area contributed by atoms with E-state index in [4.69, 9.17) is 28.8 Å². The van der Waals surface area contributed by atoms with Crippen molar-refractivity contribution in [1.82, 2.24) is 29.9 Å². The number of rotatable bonds is 15.